The number of rotatable bonds is 3. The Labute approximate surface area is 114 Å². The minimum absolute atomic E-state index is 0.354. The molecule has 1 heterocycles. The molecule has 19 heavy (non-hydrogen) atoms. The van der Waals surface area contributed by atoms with Crippen molar-refractivity contribution < 1.29 is 23.7 Å². The van der Waals surface area contributed by atoms with E-state index in [0.717, 1.165) is 7.00 Å². The number of likely N-dealkylation sites (tertiary alicyclic amines) is 1. The van der Waals surface area contributed by atoms with Gasteiger partial charge in [-0.25, -0.2) is 0 Å². The molecule has 1 aliphatic rings. The quantitative estimate of drug-likeness (QED) is 0.541. The molecule has 0 aromatic rings. The number of ether oxygens (including phenoxy) is 2. The SMILES string of the molecule is [B]=BO[C@@H]1CCN(C(=O)OC(C)(C)C)[C@@H]1C(=O)OC. The van der Waals surface area contributed by atoms with Crippen LogP contribution in [0.4, 0.5) is 4.79 Å². The third-order valence-electron chi connectivity index (χ3n) is 2.67. The predicted octanol–water partition coefficient (Wildman–Crippen LogP) is 0.257. The molecule has 1 amide bonds. The van der Waals surface area contributed by atoms with Gasteiger partial charge in [0.15, 0.2) is 0 Å². The number of amides is 1. The summed E-state index contributed by atoms with van der Waals surface area (Å²) in [5.41, 5.74) is -0.628. The molecular weight excluding hydrogens is 248 g/mol. The molecule has 8 heteroatoms. The van der Waals surface area contributed by atoms with Crippen LogP contribution in [0.5, 0.6) is 0 Å². The number of hydrogen-bond acceptors (Lipinski definition) is 5. The summed E-state index contributed by atoms with van der Waals surface area (Å²) < 4.78 is 15.1. The summed E-state index contributed by atoms with van der Waals surface area (Å²) in [7, 11) is 7.48. The standard InChI is InChI=1S/C11H18B2NO5/c1-11(2,3)18-10(16)14-6-5-7(19-13-12)8(14)9(15)17-4/h7-8H,5-6H2,1-4H3/t7-,8+/m1/s1. The van der Waals surface area contributed by atoms with E-state index in [2.05, 4.69) is 0 Å². The van der Waals surface area contributed by atoms with E-state index >= 15 is 0 Å². The Morgan fingerprint density at radius 3 is 2.47 bits per heavy atom. The van der Waals surface area contributed by atoms with Crippen LogP contribution in [-0.2, 0) is 18.9 Å². The Hall–Kier alpha value is -1.33. The summed E-state index contributed by atoms with van der Waals surface area (Å²) in [4.78, 5) is 25.1. The molecule has 0 saturated carbocycles. The fourth-order valence-corrected chi connectivity index (χ4v) is 1.93. The van der Waals surface area contributed by atoms with Crippen molar-refractivity contribution in [1.82, 2.24) is 4.90 Å². The Bertz CT molecular complexity index is 369. The number of nitrogens with zero attached hydrogens (tertiary/aromatic N) is 1. The third kappa shape index (κ3) is 4.08. The van der Waals surface area contributed by atoms with Crippen LogP contribution >= 0.6 is 0 Å². The first-order valence-corrected chi connectivity index (χ1v) is 6.06. The summed E-state index contributed by atoms with van der Waals surface area (Å²) in [6.45, 7) is 5.63. The number of hydrogen-bond donors (Lipinski definition) is 0. The normalized spacial score (nSPS) is 22.6. The van der Waals surface area contributed by atoms with Gasteiger partial charge in [-0.2, -0.15) is 0 Å². The van der Waals surface area contributed by atoms with Gasteiger partial charge in [0.2, 0.25) is 0 Å². The van der Waals surface area contributed by atoms with Crippen LogP contribution in [0.15, 0.2) is 0 Å². The van der Waals surface area contributed by atoms with E-state index in [-0.39, 0.29) is 0 Å². The van der Waals surface area contributed by atoms with Crippen LogP contribution in [-0.4, -0.2) is 62.7 Å². The molecule has 1 rings (SSSR count). The summed E-state index contributed by atoms with van der Waals surface area (Å²) in [5.74, 6) is -0.546. The Kier molecular flexibility index (Phi) is 5.14. The summed E-state index contributed by atoms with van der Waals surface area (Å²) in [6.07, 6.45) is -0.580. The van der Waals surface area contributed by atoms with Crippen LogP contribution in [0.1, 0.15) is 27.2 Å². The third-order valence-corrected chi connectivity index (χ3v) is 2.67. The maximum absolute atomic E-state index is 12.0. The molecule has 1 saturated heterocycles. The van der Waals surface area contributed by atoms with Crippen molar-refractivity contribution in [3.63, 3.8) is 0 Å². The minimum atomic E-state index is -0.834. The second kappa shape index (κ2) is 6.21. The van der Waals surface area contributed by atoms with Gasteiger partial charge in [-0.15, -0.1) is 0 Å². The van der Waals surface area contributed by atoms with E-state index in [4.69, 9.17) is 21.5 Å². The molecule has 0 aromatic heterocycles. The van der Waals surface area contributed by atoms with Gasteiger partial charge in [0.05, 0.1) is 0 Å². The monoisotopic (exact) mass is 266 g/mol. The van der Waals surface area contributed by atoms with E-state index in [0.29, 0.717) is 13.0 Å². The van der Waals surface area contributed by atoms with Crippen LogP contribution in [0, 0.1) is 0 Å². The van der Waals surface area contributed by atoms with E-state index in [9.17, 15) is 9.59 Å². The van der Waals surface area contributed by atoms with Crippen LogP contribution in [0.25, 0.3) is 0 Å². The number of methoxy groups -OCH3 is 1. The fourth-order valence-electron chi connectivity index (χ4n) is 1.93. The van der Waals surface area contributed by atoms with Gasteiger partial charge in [0, 0.05) is 0 Å². The van der Waals surface area contributed by atoms with E-state index in [1.54, 1.807) is 20.8 Å². The van der Waals surface area contributed by atoms with E-state index in [1.165, 1.54) is 12.0 Å². The zero-order chi connectivity index (χ0) is 14.6. The molecule has 1 aliphatic heterocycles. The fraction of sp³-hybridized carbons (Fsp3) is 0.818. The molecule has 103 valence electrons. The van der Waals surface area contributed by atoms with E-state index in [1.807, 2.05) is 0 Å². The van der Waals surface area contributed by atoms with Crippen molar-refractivity contribution in [1.29, 1.82) is 0 Å². The number of carbonyl (C=O) groups is 2. The number of esters is 1. The Morgan fingerprint density at radius 2 is 2.00 bits per heavy atom. The van der Waals surface area contributed by atoms with Gasteiger partial charge in [0.25, 0.3) is 0 Å². The molecule has 2 atom stereocenters. The van der Waals surface area contributed by atoms with Gasteiger partial charge in [0.1, 0.15) is 0 Å². The van der Waals surface area contributed by atoms with Crippen LogP contribution in [0.3, 0.4) is 0 Å². The van der Waals surface area contributed by atoms with Crippen molar-refractivity contribution >= 4 is 26.4 Å². The Balaban J connectivity index is 2.84. The van der Waals surface area contributed by atoms with Crippen LogP contribution in [0.2, 0.25) is 0 Å². The second-order valence-corrected chi connectivity index (χ2v) is 5.24. The first-order valence-electron chi connectivity index (χ1n) is 6.06. The first kappa shape index (κ1) is 15.7. The van der Waals surface area contributed by atoms with Gasteiger partial charge >= 0.3 is 114 Å². The molecule has 0 spiro atoms. The molecule has 0 unspecified atom stereocenters. The van der Waals surface area contributed by atoms with Crippen molar-refractivity contribution in [3.8, 4) is 0 Å². The Morgan fingerprint density at radius 1 is 1.37 bits per heavy atom. The maximum atomic E-state index is 12.0. The van der Waals surface area contributed by atoms with E-state index < -0.39 is 29.8 Å². The van der Waals surface area contributed by atoms with Crippen molar-refractivity contribution in [2.75, 3.05) is 13.7 Å². The molecule has 0 aliphatic carbocycles. The first-order chi connectivity index (χ1) is 8.80. The van der Waals surface area contributed by atoms with Crippen LogP contribution < -0.4 is 0 Å². The van der Waals surface area contributed by atoms with Crippen molar-refractivity contribution in [2.45, 2.75) is 44.9 Å². The molecule has 6 nitrogen and oxygen atoms in total. The molecule has 0 N–H and O–H groups in total. The van der Waals surface area contributed by atoms with Crippen molar-refractivity contribution in [3.05, 3.63) is 0 Å². The number of carbonyl (C=O) groups excluding carboxylic acids is 2. The molecule has 1 fully saturated rings. The zero-order valence-corrected chi connectivity index (χ0v) is 11.7. The predicted molar refractivity (Wildman–Crippen MR) is 69.7 cm³/mol. The summed E-state index contributed by atoms with van der Waals surface area (Å²) in [5, 5.41) is 0. The average molecular weight is 266 g/mol. The topological polar surface area (TPSA) is 65.1 Å². The van der Waals surface area contributed by atoms with Gasteiger partial charge in [-0.3, -0.25) is 0 Å². The molecule has 0 bridgehead atoms. The average Bonchev–Trinajstić information content (AvgIpc) is 2.70. The molecule has 1 radical (unpaired) electrons. The molecule has 0 aromatic carbocycles. The second-order valence-electron chi connectivity index (χ2n) is 5.24. The summed E-state index contributed by atoms with van der Waals surface area (Å²) in [6, 6.07) is -0.834. The summed E-state index contributed by atoms with van der Waals surface area (Å²) >= 11 is 0. The molecular formula is C11H18B2NO5. The van der Waals surface area contributed by atoms with Gasteiger partial charge < -0.3 is 0 Å². The van der Waals surface area contributed by atoms with Crippen molar-refractivity contribution in [2.24, 2.45) is 0 Å². The van der Waals surface area contributed by atoms with Gasteiger partial charge in [-0.05, 0) is 0 Å². The zero-order valence-electron chi connectivity index (χ0n) is 11.7. The van der Waals surface area contributed by atoms with Gasteiger partial charge in [-0.1, -0.05) is 0 Å².